The number of rotatable bonds is 11. The molecule has 32 heavy (non-hydrogen) atoms. The molecule has 0 spiro atoms. The van der Waals surface area contributed by atoms with E-state index in [2.05, 4.69) is 29.1 Å². The van der Waals surface area contributed by atoms with Crippen molar-refractivity contribution < 1.29 is 14.7 Å². The quantitative estimate of drug-likeness (QED) is 0.475. The van der Waals surface area contributed by atoms with Gasteiger partial charge >= 0.3 is 5.97 Å². The molecule has 3 rings (SSSR count). The van der Waals surface area contributed by atoms with Crippen LogP contribution in [0.3, 0.4) is 0 Å². The molecule has 1 saturated carbocycles. The molecule has 1 aliphatic rings. The summed E-state index contributed by atoms with van der Waals surface area (Å²) in [6, 6.07) is 6.95. The minimum atomic E-state index is -0.928. The Morgan fingerprint density at radius 3 is 2.56 bits per heavy atom. The number of carboxylic acid groups (broad SMARTS) is 1. The number of carbonyl (C=O) groups excluding carboxylic acids is 1. The standard InChI is InChI=1S/C25H35N3O3S/c1-3-4-9-23-26-15-21(28(23)16-19-10-12-20(13-11-19)25(30)31)17-27(2)24(29)22(32)14-18-7-5-6-8-18/h10-13,15,18,22,32H,3-9,14,16-17H2,1-2H3,(H,30,31). The minimum Gasteiger partial charge on any atom is -0.478 e. The van der Waals surface area contributed by atoms with Crippen LogP contribution in [0, 0.1) is 5.92 Å². The molecule has 1 unspecified atom stereocenters. The van der Waals surface area contributed by atoms with Crippen LogP contribution in [-0.2, 0) is 24.3 Å². The predicted molar refractivity (Wildman–Crippen MR) is 129 cm³/mol. The summed E-state index contributed by atoms with van der Waals surface area (Å²) in [4.78, 5) is 30.5. The van der Waals surface area contributed by atoms with Crippen molar-refractivity contribution in [3.8, 4) is 0 Å². The molecule has 1 heterocycles. The molecule has 0 bridgehead atoms. The number of hydrogen-bond acceptors (Lipinski definition) is 4. The minimum absolute atomic E-state index is 0.0638. The second-order valence-electron chi connectivity index (χ2n) is 8.95. The molecule has 174 valence electrons. The molecule has 1 aromatic heterocycles. The van der Waals surface area contributed by atoms with Gasteiger partial charge < -0.3 is 14.6 Å². The Hall–Kier alpha value is -2.28. The Balaban J connectivity index is 1.72. The highest BCUT2D eigenvalue weighted by Crippen LogP contribution is 2.30. The SMILES string of the molecule is CCCCc1ncc(CN(C)C(=O)C(S)CC2CCCC2)n1Cc1ccc(C(=O)O)cc1. The number of carboxylic acids is 1. The van der Waals surface area contributed by atoms with Crippen molar-refractivity contribution in [1.82, 2.24) is 14.5 Å². The first-order valence-electron chi connectivity index (χ1n) is 11.7. The zero-order valence-electron chi connectivity index (χ0n) is 19.2. The van der Waals surface area contributed by atoms with Crippen LogP contribution in [0.2, 0.25) is 0 Å². The first-order valence-corrected chi connectivity index (χ1v) is 12.2. The van der Waals surface area contributed by atoms with Gasteiger partial charge in [-0.2, -0.15) is 12.6 Å². The van der Waals surface area contributed by atoms with Gasteiger partial charge in [0.25, 0.3) is 0 Å². The van der Waals surface area contributed by atoms with Crippen LogP contribution in [-0.4, -0.2) is 43.7 Å². The summed E-state index contributed by atoms with van der Waals surface area (Å²) >= 11 is 4.63. The number of aromatic nitrogens is 2. The van der Waals surface area contributed by atoms with Gasteiger partial charge in [0.15, 0.2) is 0 Å². The third kappa shape index (κ3) is 6.37. The lowest BCUT2D eigenvalue weighted by Gasteiger charge is -2.23. The Morgan fingerprint density at radius 2 is 1.94 bits per heavy atom. The maximum Gasteiger partial charge on any atom is 0.335 e. The number of carbonyl (C=O) groups is 2. The first kappa shape index (κ1) is 24.4. The van der Waals surface area contributed by atoms with Crippen LogP contribution in [0.1, 0.15) is 79.3 Å². The van der Waals surface area contributed by atoms with E-state index in [1.54, 1.807) is 17.0 Å². The third-order valence-corrected chi connectivity index (χ3v) is 6.84. The number of thiol groups is 1. The molecule has 1 atom stereocenters. The summed E-state index contributed by atoms with van der Waals surface area (Å²) in [5.74, 6) is 0.754. The number of unbranched alkanes of at least 4 members (excludes halogenated alkanes) is 1. The average Bonchev–Trinajstić information content (AvgIpc) is 3.42. The highest BCUT2D eigenvalue weighted by atomic mass is 32.1. The molecule has 0 radical (unpaired) electrons. The van der Waals surface area contributed by atoms with Crippen molar-refractivity contribution in [2.45, 2.75) is 76.6 Å². The van der Waals surface area contributed by atoms with Gasteiger partial charge in [0.1, 0.15) is 5.82 Å². The highest BCUT2D eigenvalue weighted by Gasteiger charge is 2.25. The van der Waals surface area contributed by atoms with Crippen molar-refractivity contribution in [2.24, 2.45) is 5.92 Å². The second-order valence-corrected chi connectivity index (χ2v) is 9.58. The van der Waals surface area contributed by atoms with Crippen LogP contribution in [0.15, 0.2) is 30.5 Å². The maximum atomic E-state index is 12.9. The molecule has 1 N–H and O–H groups in total. The summed E-state index contributed by atoms with van der Waals surface area (Å²) in [5.41, 5.74) is 2.27. The fraction of sp³-hybridized carbons (Fsp3) is 0.560. The van der Waals surface area contributed by atoms with Crippen LogP contribution in [0.4, 0.5) is 0 Å². The zero-order chi connectivity index (χ0) is 23.1. The summed E-state index contributed by atoms with van der Waals surface area (Å²) in [6.45, 7) is 3.23. The van der Waals surface area contributed by atoms with Crippen molar-refractivity contribution >= 4 is 24.5 Å². The van der Waals surface area contributed by atoms with E-state index in [0.717, 1.165) is 42.8 Å². The average molecular weight is 458 g/mol. The molecule has 0 aliphatic heterocycles. The fourth-order valence-electron chi connectivity index (χ4n) is 4.48. The van der Waals surface area contributed by atoms with E-state index in [-0.39, 0.29) is 16.7 Å². The van der Waals surface area contributed by atoms with Gasteiger partial charge in [-0.3, -0.25) is 4.79 Å². The molecular weight excluding hydrogens is 422 g/mol. The lowest BCUT2D eigenvalue weighted by atomic mass is 10.0. The fourth-order valence-corrected chi connectivity index (χ4v) is 4.98. The molecule has 6 nitrogen and oxygen atoms in total. The Labute approximate surface area is 196 Å². The van der Waals surface area contributed by atoms with Crippen LogP contribution >= 0.6 is 12.6 Å². The van der Waals surface area contributed by atoms with E-state index in [4.69, 9.17) is 5.11 Å². The number of benzene rings is 1. The largest absolute Gasteiger partial charge is 0.478 e. The molecule has 7 heteroatoms. The highest BCUT2D eigenvalue weighted by molar-refractivity contribution is 7.81. The molecule has 1 aliphatic carbocycles. The van der Waals surface area contributed by atoms with E-state index in [9.17, 15) is 9.59 Å². The first-order chi connectivity index (χ1) is 15.4. The monoisotopic (exact) mass is 457 g/mol. The van der Waals surface area contributed by atoms with Crippen molar-refractivity contribution in [1.29, 1.82) is 0 Å². The summed E-state index contributed by atoms with van der Waals surface area (Å²) in [7, 11) is 1.84. The Kier molecular flexibility index (Phi) is 8.79. The van der Waals surface area contributed by atoms with Gasteiger partial charge in [0.2, 0.25) is 5.91 Å². The number of hydrogen-bond donors (Lipinski definition) is 2. The molecule has 1 fully saturated rings. The van der Waals surface area contributed by atoms with E-state index in [1.165, 1.54) is 25.7 Å². The summed E-state index contributed by atoms with van der Waals surface area (Å²) in [5, 5.41) is 8.88. The van der Waals surface area contributed by atoms with Crippen molar-refractivity contribution in [2.75, 3.05) is 7.05 Å². The van der Waals surface area contributed by atoms with E-state index in [1.807, 2.05) is 25.4 Å². The van der Waals surface area contributed by atoms with E-state index >= 15 is 0 Å². The summed E-state index contributed by atoms with van der Waals surface area (Å²) in [6.07, 6.45) is 10.7. The second kappa shape index (κ2) is 11.5. The number of imidazole rings is 1. The molecule has 1 aromatic carbocycles. The van der Waals surface area contributed by atoms with Gasteiger partial charge in [-0.1, -0.05) is 51.2 Å². The smallest absolute Gasteiger partial charge is 0.335 e. The van der Waals surface area contributed by atoms with Crippen molar-refractivity contribution in [3.63, 3.8) is 0 Å². The topological polar surface area (TPSA) is 75.4 Å². The number of nitrogens with zero attached hydrogens (tertiary/aromatic N) is 3. The van der Waals surface area contributed by atoms with Crippen LogP contribution in [0.5, 0.6) is 0 Å². The van der Waals surface area contributed by atoms with E-state index in [0.29, 0.717) is 19.0 Å². The molecule has 1 amide bonds. The number of aryl methyl sites for hydroxylation is 1. The van der Waals surface area contributed by atoms with Crippen LogP contribution < -0.4 is 0 Å². The Morgan fingerprint density at radius 1 is 1.25 bits per heavy atom. The van der Waals surface area contributed by atoms with Gasteiger partial charge in [-0.25, -0.2) is 9.78 Å². The van der Waals surface area contributed by atoms with Gasteiger partial charge in [-0.05, 0) is 36.5 Å². The van der Waals surface area contributed by atoms with Gasteiger partial charge in [0, 0.05) is 20.0 Å². The normalized spacial score (nSPS) is 15.1. The molecule has 2 aromatic rings. The van der Waals surface area contributed by atoms with Gasteiger partial charge in [0.05, 0.1) is 29.2 Å². The third-order valence-electron chi connectivity index (χ3n) is 6.41. The van der Waals surface area contributed by atoms with Gasteiger partial charge in [-0.15, -0.1) is 0 Å². The summed E-state index contributed by atoms with van der Waals surface area (Å²) < 4.78 is 2.17. The predicted octanol–water partition coefficient (Wildman–Crippen LogP) is 4.81. The van der Waals surface area contributed by atoms with Crippen molar-refractivity contribution in [3.05, 3.63) is 53.1 Å². The lowest BCUT2D eigenvalue weighted by molar-refractivity contribution is -0.130. The Bertz CT molecular complexity index is 904. The number of amides is 1. The van der Waals surface area contributed by atoms with Crippen LogP contribution in [0.25, 0.3) is 0 Å². The maximum absolute atomic E-state index is 12.9. The zero-order valence-corrected chi connectivity index (χ0v) is 20.1. The molecule has 0 saturated heterocycles. The number of aromatic carboxylic acids is 1. The lowest BCUT2D eigenvalue weighted by Crippen LogP contribution is -2.34. The molecular formula is C25H35N3O3S. The van der Waals surface area contributed by atoms with E-state index < -0.39 is 5.97 Å².